The van der Waals surface area contributed by atoms with Crippen molar-refractivity contribution in [2.75, 3.05) is 5.01 Å². The van der Waals surface area contributed by atoms with Crippen molar-refractivity contribution >= 4 is 29.5 Å². The van der Waals surface area contributed by atoms with Crippen molar-refractivity contribution in [3.8, 4) is 6.07 Å². The highest BCUT2D eigenvalue weighted by Crippen LogP contribution is 2.35. The zero-order chi connectivity index (χ0) is 22.3. The first-order valence-corrected chi connectivity index (χ1v) is 10.3. The van der Waals surface area contributed by atoms with Gasteiger partial charge in [-0.15, -0.1) is 0 Å². The molecule has 0 spiro atoms. The highest BCUT2D eigenvalue weighted by Gasteiger charge is 2.28. The number of anilines is 1. The van der Waals surface area contributed by atoms with Gasteiger partial charge in [0.15, 0.2) is 0 Å². The van der Waals surface area contributed by atoms with Gasteiger partial charge in [0.1, 0.15) is 11.6 Å². The third-order valence-corrected chi connectivity index (χ3v) is 5.24. The van der Waals surface area contributed by atoms with Gasteiger partial charge < -0.3 is 5.73 Å². The summed E-state index contributed by atoms with van der Waals surface area (Å²) < 4.78 is 0. The van der Waals surface area contributed by atoms with Gasteiger partial charge in [0.05, 0.1) is 17.4 Å². The number of nitrogens with zero attached hydrogens (tertiary/aromatic N) is 3. The quantitative estimate of drug-likeness (QED) is 0.447. The van der Waals surface area contributed by atoms with Gasteiger partial charge in [-0.3, -0.25) is 9.80 Å². The fraction of sp³-hybridized carbons (Fsp3) is 0.0741. The molecule has 0 radical (unpaired) electrons. The van der Waals surface area contributed by atoms with Crippen molar-refractivity contribution in [2.45, 2.75) is 12.5 Å². The normalized spacial score (nSPS) is 16.1. The molecule has 2 N–H and O–H groups in total. The SMILES string of the molecule is N#CC(=Cc1ccc(N2N=C(C=Cc3ccccc3)CC2c2ccccc2)cc1)C(N)=O. The summed E-state index contributed by atoms with van der Waals surface area (Å²) in [5.41, 5.74) is 10.1. The summed E-state index contributed by atoms with van der Waals surface area (Å²) in [7, 11) is 0. The molecule has 1 unspecified atom stereocenters. The summed E-state index contributed by atoms with van der Waals surface area (Å²) in [5.74, 6) is -0.736. The van der Waals surface area contributed by atoms with Crippen LogP contribution >= 0.6 is 0 Å². The van der Waals surface area contributed by atoms with Crippen LogP contribution in [0.5, 0.6) is 0 Å². The Kier molecular flexibility index (Phi) is 6.24. The molecule has 0 saturated heterocycles. The van der Waals surface area contributed by atoms with E-state index in [-0.39, 0.29) is 11.6 Å². The second-order valence-corrected chi connectivity index (χ2v) is 7.44. The summed E-state index contributed by atoms with van der Waals surface area (Å²) in [4.78, 5) is 11.3. The first-order valence-electron chi connectivity index (χ1n) is 10.3. The topological polar surface area (TPSA) is 82.5 Å². The molecule has 1 aliphatic rings. The number of rotatable bonds is 6. The molecule has 1 heterocycles. The number of carbonyl (C=O) groups excluding carboxylic acids is 1. The van der Waals surface area contributed by atoms with Gasteiger partial charge in [-0.25, -0.2) is 0 Å². The third-order valence-electron chi connectivity index (χ3n) is 5.24. The minimum absolute atomic E-state index is 0.0764. The largest absolute Gasteiger partial charge is 0.365 e. The minimum atomic E-state index is -0.736. The first-order chi connectivity index (χ1) is 15.6. The number of nitriles is 1. The molecule has 156 valence electrons. The Bertz CT molecular complexity index is 1220. The number of nitrogens with two attached hydrogens (primary N) is 1. The Morgan fingerprint density at radius 1 is 0.938 bits per heavy atom. The number of benzene rings is 3. The lowest BCUT2D eigenvalue weighted by Crippen LogP contribution is -2.18. The lowest BCUT2D eigenvalue weighted by atomic mass is 10.0. The van der Waals surface area contributed by atoms with Gasteiger partial charge in [0.25, 0.3) is 5.91 Å². The zero-order valence-corrected chi connectivity index (χ0v) is 17.4. The molecule has 1 aliphatic heterocycles. The number of hydrogen-bond donors (Lipinski definition) is 1. The zero-order valence-electron chi connectivity index (χ0n) is 17.4. The van der Waals surface area contributed by atoms with E-state index in [0.717, 1.165) is 28.9 Å². The highest BCUT2D eigenvalue weighted by molar-refractivity contribution is 6.01. The van der Waals surface area contributed by atoms with Gasteiger partial charge in [0, 0.05) is 6.42 Å². The maximum atomic E-state index is 11.3. The van der Waals surface area contributed by atoms with Gasteiger partial charge in [-0.05, 0) is 41.0 Å². The van der Waals surface area contributed by atoms with E-state index < -0.39 is 5.91 Å². The van der Waals surface area contributed by atoms with E-state index in [0.29, 0.717) is 0 Å². The van der Waals surface area contributed by atoms with E-state index in [1.807, 2.05) is 71.7 Å². The molecule has 0 aromatic heterocycles. The van der Waals surface area contributed by atoms with Crippen molar-refractivity contribution in [1.82, 2.24) is 0 Å². The molecular formula is C27H22N4O. The van der Waals surface area contributed by atoms with Crippen molar-refractivity contribution in [3.05, 3.63) is 113 Å². The second kappa shape index (κ2) is 9.59. The minimum Gasteiger partial charge on any atom is -0.365 e. The fourth-order valence-corrected chi connectivity index (χ4v) is 3.61. The molecule has 5 nitrogen and oxygen atoms in total. The third kappa shape index (κ3) is 4.82. The van der Waals surface area contributed by atoms with Crippen LogP contribution in [0.25, 0.3) is 12.2 Å². The average molecular weight is 419 g/mol. The van der Waals surface area contributed by atoms with Crippen LogP contribution in [0.1, 0.15) is 29.2 Å². The molecule has 5 heteroatoms. The maximum absolute atomic E-state index is 11.3. The average Bonchev–Trinajstić information content (AvgIpc) is 3.27. The monoisotopic (exact) mass is 418 g/mol. The molecule has 3 aromatic carbocycles. The molecule has 4 rings (SSSR count). The van der Waals surface area contributed by atoms with E-state index >= 15 is 0 Å². The smallest absolute Gasteiger partial charge is 0.259 e. The number of primary amides is 1. The fourth-order valence-electron chi connectivity index (χ4n) is 3.61. The molecule has 3 aromatic rings. The summed E-state index contributed by atoms with van der Waals surface area (Å²) in [6.07, 6.45) is 6.41. The van der Waals surface area contributed by atoms with Gasteiger partial charge in [0.2, 0.25) is 0 Å². The summed E-state index contributed by atoms with van der Waals surface area (Å²) in [5, 5.41) is 16.0. The van der Waals surface area contributed by atoms with Crippen LogP contribution in [-0.2, 0) is 4.79 Å². The molecule has 1 atom stereocenters. The summed E-state index contributed by atoms with van der Waals surface area (Å²) in [6.45, 7) is 0. The van der Waals surface area contributed by atoms with Crippen LogP contribution in [0.3, 0.4) is 0 Å². The number of allylic oxidation sites excluding steroid dienone is 1. The number of carbonyl (C=O) groups is 1. The first kappa shape index (κ1) is 20.8. The molecule has 0 fully saturated rings. The van der Waals surface area contributed by atoms with Crippen LogP contribution in [0.15, 0.2) is 102 Å². The Balaban J connectivity index is 1.63. The summed E-state index contributed by atoms with van der Waals surface area (Å²) >= 11 is 0. The van der Waals surface area contributed by atoms with Crippen molar-refractivity contribution in [2.24, 2.45) is 10.8 Å². The maximum Gasteiger partial charge on any atom is 0.259 e. The Morgan fingerprint density at radius 3 is 2.22 bits per heavy atom. The van der Waals surface area contributed by atoms with Gasteiger partial charge in [-0.2, -0.15) is 10.4 Å². The van der Waals surface area contributed by atoms with Gasteiger partial charge >= 0.3 is 0 Å². The molecule has 0 aliphatic carbocycles. The van der Waals surface area contributed by atoms with E-state index in [1.165, 1.54) is 11.6 Å². The van der Waals surface area contributed by atoms with E-state index in [2.05, 4.69) is 36.4 Å². The lowest BCUT2D eigenvalue weighted by Gasteiger charge is -2.24. The Morgan fingerprint density at radius 2 is 1.59 bits per heavy atom. The number of hydrazone groups is 1. The Hall–Kier alpha value is -4.43. The number of hydrogen-bond acceptors (Lipinski definition) is 4. The molecule has 0 saturated carbocycles. The van der Waals surface area contributed by atoms with Crippen LogP contribution in [0.2, 0.25) is 0 Å². The molecular weight excluding hydrogens is 396 g/mol. The standard InChI is InChI=1S/C27H22N4O/c28-19-23(27(29)32)17-21-12-15-25(16-13-21)31-26(22-9-5-2-6-10-22)18-24(30-31)14-11-20-7-3-1-4-8-20/h1-17,26H,18H2,(H2,29,32). The number of amides is 1. The van der Waals surface area contributed by atoms with Gasteiger partial charge in [-0.1, -0.05) is 78.9 Å². The predicted molar refractivity (Wildman–Crippen MR) is 128 cm³/mol. The lowest BCUT2D eigenvalue weighted by molar-refractivity contribution is -0.114. The van der Waals surface area contributed by atoms with Crippen molar-refractivity contribution in [3.63, 3.8) is 0 Å². The predicted octanol–water partition coefficient (Wildman–Crippen LogP) is 5.10. The van der Waals surface area contributed by atoms with E-state index in [1.54, 1.807) is 0 Å². The molecule has 32 heavy (non-hydrogen) atoms. The van der Waals surface area contributed by atoms with Crippen LogP contribution < -0.4 is 10.7 Å². The van der Waals surface area contributed by atoms with Crippen molar-refractivity contribution < 1.29 is 4.79 Å². The molecule has 1 amide bonds. The summed E-state index contributed by atoms with van der Waals surface area (Å²) in [6, 6.07) is 29.9. The second-order valence-electron chi connectivity index (χ2n) is 7.44. The van der Waals surface area contributed by atoms with Crippen LogP contribution in [0.4, 0.5) is 5.69 Å². The highest BCUT2D eigenvalue weighted by atomic mass is 16.1. The Labute approximate surface area is 187 Å². The molecule has 0 bridgehead atoms. The van der Waals surface area contributed by atoms with E-state index in [9.17, 15) is 4.79 Å². The van der Waals surface area contributed by atoms with Crippen LogP contribution in [0, 0.1) is 11.3 Å². The van der Waals surface area contributed by atoms with Crippen LogP contribution in [-0.4, -0.2) is 11.6 Å². The van der Waals surface area contributed by atoms with E-state index in [4.69, 9.17) is 16.1 Å². The van der Waals surface area contributed by atoms with Crippen molar-refractivity contribution in [1.29, 1.82) is 5.26 Å².